The molecule has 0 radical (unpaired) electrons. The molecular formula is C12H17N3O4. The number of amides is 1. The Hall–Kier alpha value is -1.89. The maximum atomic E-state index is 12.3. The molecule has 2 heterocycles. The van der Waals surface area contributed by atoms with Gasteiger partial charge in [-0.25, -0.2) is 0 Å². The number of hydrogen-bond donors (Lipinski definition) is 1. The van der Waals surface area contributed by atoms with Crippen LogP contribution in [0.3, 0.4) is 0 Å². The quantitative estimate of drug-likeness (QED) is 0.652. The average molecular weight is 267 g/mol. The first-order valence-electron chi connectivity index (χ1n) is 6.20. The van der Waals surface area contributed by atoms with E-state index >= 15 is 0 Å². The third kappa shape index (κ3) is 2.46. The number of nitrogens with zero attached hydrogens (tertiary/aromatic N) is 3. The summed E-state index contributed by atoms with van der Waals surface area (Å²) >= 11 is 0. The van der Waals surface area contributed by atoms with Gasteiger partial charge < -0.3 is 14.6 Å². The third-order valence-corrected chi connectivity index (χ3v) is 3.32. The summed E-state index contributed by atoms with van der Waals surface area (Å²) in [4.78, 5) is 24.1. The highest BCUT2D eigenvalue weighted by atomic mass is 16.6. The van der Waals surface area contributed by atoms with Gasteiger partial charge in [0.2, 0.25) is 0 Å². The molecule has 0 bridgehead atoms. The SMILES string of the molecule is CC(C)n1cc([N+](=O)[O-])cc1C(=O)N1CC(CO)C1. The first kappa shape index (κ1) is 13.5. The molecule has 0 atom stereocenters. The summed E-state index contributed by atoms with van der Waals surface area (Å²) < 4.78 is 1.62. The largest absolute Gasteiger partial charge is 0.396 e. The van der Waals surface area contributed by atoms with E-state index in [4.69, 9.17) is 5.11 Å². The molecule has 7 nitrogen and oxygen atoms in total. The first-order chi connectivity index (χ1) is 8.93. The number of aliphatic hydroxyl groups excluding tert-OH is 1. The minimum atomic E-state index is -0.498. The fourth-order valence-electron chi connectivity index (χ4n) is 2.18. The maximum Gasteiger partial charge on any atom is 0.287 e. The van der Waals surface area contributed by atoms with Gasteiger partial charge in [0.25, 0.3) is 11.6 Å². The zero-order valence-electron chi connectivity index (χ0n) is 10.9. The highest BCUT2D eigenvalue weighted by Gasteiger charge is 2.33. The number of rotatable bonds is 4. The highest BCUT2D eigenvalue weighted by Crippen LogP contribution is 2.24. The Balaban J connectivity index is 2.23. The van der Waals surface area contributed by atoms with Gasteiger partial charge >= 0.3 is 0 Å². The number of likely N-dealkylation sites (tertiary alicyclic amines) is 1. The van der Waals surface area contributed by atoms with E-state index in [1.807, 2.05) is 13.8 Å². The van der Waals surface area contributed by atoms with Crippen LogP contribution in [0.1, 0.15) is 30.4 Å². The molecule has 1 aliphatic rings. The Kier molecular flexibility index (Phi) is 3.57. The molecule has 1 amide bonds. The van der Waals surface area contributed by atoms with E-state index in [2.05, 4.69) is 0 Å². The molecule has 0 aliphatic carbocycles. The van der Waals surface area contributed by atoms with Crippen LogP contribution in [0.2, 0.25) is 0 Å². The molecule has 1 N–H and O–H groups in total. The predicted octanol–water partition coefficient (Wildman–Crippen LogP) is 1.04. The molecule has 1 aromatic heterocycles. The number of carbonyl (C=O) groups excluding carboxylic acids is 1. The van der Waals surface area contributed by atoms with E-state index in [1.165, 1.54) is 12.3 Å². The van der Waals surface area contributed by atoms with Crippen LogP contribution in [0, 0.1) is 16.0 Å². The summed E-state index contributed by atoms with van der Waals surface area (Å²) in [7, 11) is 0. The summed E-state index contributed by atoms with van der Waals surface area (Å²) in [6, 6.07) is 1.29. The highest BCUT2D eigenvalue weighted by molar-refractivity contribution is 5.94. The molecule has 1 aromatic rings. The molecule has 0 aromatic carbocycles. The fourth-order valence-corrected chi connectivity index (χ4v) is 2.18. The molecule has 0 spiro atoms. The van der Waals surface area contributed by atoms with Gasteiger partial charge in [0, 0.05) is 37.7 Å². The van der Waals surface area contributed by atoms with Crippen LogP contribution in [0.4, 0.5) is 5.69 Å². The lowest BCUT2D eigenvalue weighted by Gasteiger charge is -2.38. The number of hydrogen-bond acceptors (Lipinski definition) is 4. The van der Waals surface area contributed by atoms with E-state index in [0.29, 0.717) is 18.8 Å². The molecule has 1 fully saturated rings. The van der Waals surface area contributed by atoms with E-state index in [9.17, 15) is 14.9 Å². The summed E-state index contributed by atoms with van der Waals surface area (Å²) in [6.07, 6.45) is 1.39. The Morgan fingerprint density at radius 1 is 1.58 bits per heavy atom. The smallest absolute Gasteiger partial charge is 0.287 e. The monoisotopic (exact) mass is 267 g/mol. The molecule has 2 rings (SSSR count). The van der Waals surface area contributed by atoms with Crippen LogP contribution in [-0.2, 0) is 0 Å². The van der Waals surface area contributed by atoms with Crippen molar-refractivity contribution >= 4 is 11.6 Å². The van der Waals surface area contributed by atoms with Crippen molar-refractivity contribution < 1.29 is 14.8 Å². The standard InChI is InChI=1S/C12H17N3O4/c1-8(2)14-6-10(15(18)19)3-11(14)12(17)13-4-9(5-13)7-16/h3,6,8-9,16H,4-5,7H2,1-2H3. The van der Waals surface area contributed by atoms with Crippen LogP contribution in [0.25, 0.3) is 0 Å². The molecular weight excluding hydrogens is 250 g/mol. The van der Waals surface area contributed by atoms with Crippen LogP contribution in [0.5, 0.6) is 0 Å². The van der Waals surface area contributed by atoms with Gasteiger partial charge in [-0.1, -0.05) is 0 Å². The second-order valence-electron chi connectivity index (χ2n) is 5.10. The van der Waals surface area contributed by atoms with E-state index < -0.39 is 4.92 Å². The Morgan fingerprint density at radius 2 is 2.21 bits per heavy atom. The van der Waals surface area contributed by atoms with Gasteiger partial charge in [-0.05, 0) is 13.8 Å². The summed E-state index contributed by atoms with van der Waals surface area (Å²) in [5.74, 6) is -0.0899. The van der Waals surface area contributed by atoms with Crippen LogP contribution in [-0.4, -0.2) is 45.1 Å². The van der Waals surface area contributed by atoms with Gasteiger partial charge in [0.15, 0.2) is 0 Å². The Bertz CT molecular complexity index is 503. The van der Waals surface area contributed by atoms with Crippen molar-refractivity contribution in [3.63, 3.8) is 0 Å². The molecule has 7 heteroatoms. The zero-order valence-corrected chi connectivity index (χ0v) is 10.9. The maximum absolute atomic E-state index is 12.3. The van der Waals surface area contributed by atoms with E-state index in [-0.39, 0.29) is 30.2 Å². The number of carbonyl (C=O) groups is 1. The average Bonchev–Trinajstić information content (AvgIpc) is 2.72. The van der Waals surface area contributed by atoms with Crippen molar-refractivity contribution in [1.82, 2.24) is 9.47 Å². The van der Waals surface area contributed by atoms with Crippen LogP contribution < -0.4 is 0 Å². The summed E-state index contributed by atoms with van der Waals surface area (Å²) in [5.41, 5.74) is 0.259. The minimum Gasteiger partial charge on any atom is -0.396 e. The summed E-state index contributed by atoms with van der Waals surface area (Å²) in [5, 5.41) is 19.7. The molecule has 104 valence electrons. The molecule has 0 unspecified atom stereocenters. The lowest BCUT2D eigenvalue weighted by molar-refractivity contribution is -0.384. The number of aliphatic hydroxyl groups is 1. The van der Waals surface area contributed by atoms with Crippen LogP contribution in [0.15, 0.2) is 12.3 Å². The van der Waals surface area contributed by atoms with Gasteiger partial charge in [0.05, 0.1) is 11.1 Å². The van der Waals surface area contributed by atoms with Crippen molar-refractivity contribution in [2.75, 3.05) is 19.7 Å². The van der Waals surface area contributed by atoms with Gasteiger partial charge in [-0.2, -0.15) is 0 Å². The van der Waals surface area contributed by atoms with Crippen molar-refractivity contribution in [2.24, 2.45) is 5.92 Å². The van der Waals surface area contributed by atoms with Crippen molar-refractivity contribution in [2.45, 2.75) is 19.9 Å². The molecule has 19 heavy (non-hydrogen) atoms. The Labute approximate surface area is 110 Å². The molecule has 0 saturated carbocycles. The lowest BCUT2D eigenvalue weighted by Crippen LogP contribution is -2.51. The fraction of sp³-hybridized carbons (Fsp3) is 0.583. The number of aromatic nitrogens is 1. The summed E-state index contributed by atoms with van der Waals surface area (Å²) in [6.45, 7) is 4.81. The first-order valence-corrected chi connectivity index (χ1v) is 6.20. The van der Waals surface area contributed by atoms with Crippen LogP contribution >= 0.6 is 0 Å². The zero-order chi connectivity index (χ0) is 14.2. The van der Waals surface area contributed by atoms with Gasteiger partial charge in [-0.15, -0.1) is 0 Å². The normalized spacial score (nSPS) is 15.7. The third-order valence-electron chi connectivity index (χ3n) is 3.32. The van der Waals surface area contributed by atoms with Gasteiger partial charge in [0.1, 0.15) is 5.69 Å². The second-order valence-corrected chi connectivity index (χ2v) is 5.10. The van der Waals surface area contributed by atoms with Crippen molar-refractivity contribution in [1.29, 1.82) is 0 Å². The van der Waals surface area contributed by atoms with E-state index in [0.717, 1.165) is 0 Å². The Morgan fingerprint density at radius 3 is 2.68 bits per heavy atom. The van der Waals surface area contributed by atoms with Gasteiger partial charge in [-0.3, -0.25) is 14.9 Å². The minimum absolute atomic E-state index is 0.0254. The van der Waals surface area contributed by atoms with Crippen molar-refractivity contribution in [3.8, 4) is 0 Å². The van der Waals surface area contributed by atoms with E-state index in [1.54, 1.807) is 9.47 Å². The molecule has 1 saturated heterocycles. The number of nitro groups is 1. The topological polar surface area (TPSA) is 88.6 Å². The lowest BCUT2D eigenvalue weighted by atomic mass is 10.0. The molecule has 1 aliphatic heterocycles. The second kappa shape index (κ2) is 5.00. The van der Waals surface area contributed by atoms with Crippen molar-refractivity contribution in [3.05, 3.63) is 28.1 Å². The predicted molar refractivity (Wildman–Crippen MR) is 68.0 cm³/mol.